The largest absolute Gasteiger partial charge is 0.298 e. The molecule has 1 aliphatic carbocycles. The number of hydrogen-bond donors (Lipinski definition) is 0. The number of hydrogen-bond acceptors (Lipinski definition) is 2. The molecular weight excluding hydrogens is 202 g/mol. The maximum atomic E-state index is 2.78. The van der Waals surface area contributed by atoms with Crippen LogP contribution in [-0.2, 0) is 0 Å². The summed E-state index contributed by atoms with van der Waals surface area (Å²) in [6.45, 7) is 9.79. The van der Waals surface area contributed by atoms with Gasteiger partial charge in [-0.2, -0.15) is 11.8 Å². The number of thioether (sulfide) groups is 1. The van der Waals surface area contributed by atoms with E-state index in [4.69, 9.17) is 0 Å². The molecule has 0 radical (unpaired) electrons. The molecule has 15 heavy (non-hydrogen) atoms. The van der Waals surface area contributed by atoms with Gasteiger partial charge in [0.15, 0.2) is 0 Å². The van der Waals surface area contributed by atoms with E-state index in [0.717, 1.165) is 12.0 Å². The lowest BCUT2D eigenvalue weighted by Crippen LogP contribution is -2.46. The fourth-order valence-electron chi connectivity index (χ4n) is 1.97. The third-order valence-corrected chi connectivity index (χ3v) is 4.72. The van der Waals surface area contributed by atoms with Crippen molar-refractivity contribution in [2.24, 2.45) is 11.3 Å². The van der Waals surface area contributed by atoms with Crippen molar-refractivity contribution in [2.45, 2.75) is 46.1 Å². The number of nitrogens with zero attached hydrogens (tertiary/aromatic N) is 1. The van der Waals surface area contributed by atoms with Crippen LogP contribution in [0.4, 0.5) is 0 Å². The van der Waals surface area contributed by atoms with E-state index >= 15 is 0 Å². The molecule has 0 spiro atoms. The van der Waals surface area contributed by atoms with Gasteiger partial charge in [-0.15, -0.1) is 0 Å². The Balaban J connectivity index is 1.75. The highest BCUT2D eigenvalue weighted by Crippen LogP contribution is 2.33. The van der Waals surface area contributed by atoms with Crippen LogP contribution < -0.4 is 0 Å². The van der Waals surface area contributed by atoms with Crippen LogP contribution in [-0.4, -0.2) is 35.5 Å². The maximum absolute atomic E-state index is 2.78. The predicted octanol–water partition coefficient (Wildman–Crippen LogP) is 3.25. The van der Waals surface area contributed by atoms with E-state index in [0.29, 0.717) is 5.41 Å². The average Bonchev–Trinajstić information content (AvgIpc) is 2.79. The van der Waals surface area contributed by atoms with Crippen molar-refractivity contribution in [3.63, 3.8) is 0 Å². The fourth-order valence-corrected chi connectivity index (χ4v) is 2.84. The van der Waals surface area contributed by atoms with Gasteiger partial charge in [-0.05, 0) is 37.1 Å². The topological polar surface area (TPSA) is 3.24 Å². The van der Waals surface area contributed by atoms with Crippen molar-refractivity contribution in [3.05, 3.63) is 0 Å². The van der Waals surface area contributed by atoms with Crippen LogP contribution in [0.15, 0.2) is 0 Å². The van der Waals surface area contributed by atoms with Crippen LogP contribution in [0.3, 0.4) is 0 Å². The monoisotopic (exact) mass is 227 g/mol. The fraction of sp³-hybridized carbons (Fsp3) is 1.00. The summed E-state index contributed by atoms with van der Waals surface area (Å²) >= 11 is 2.11. The SMILES string of the molecule is CC(C)(C)CCN(CC1CC1)C1CSC1. The van der Waals surface area contributed by atoms with Crippen molar-refractivity contribution in [1.29, 1.82) is 0 Å². The lowest BCUT2D eigenvalue weighted by molar-refractivity contribution is 0.181. The molecule has 1 heterocycles. The summed E-state index contributed by atoms with van der Waals surface area (Å²) in [5.41, 5.74) is 0.499. The Morgan fingerprint density at radius 3 is 2.27 bits per heavy atom. The van der Waals surface area contributed by atoms with Crippen molar-refractivity contribution in [3.8, 4) is 0 Å². The van der Waals surface area contributed by atoms with Crippen LogP contribution >= 0.6 is 11.8 Å². The highest BCUT2D eigenvalue weighted by Gasteiger charge is 2.31. The molecule has 2 heteroatoms. The third-order valence-electron chi connectivity index (χ3n) is 3.48. The van der Waals surface area contributed by atoms with Crippen LogP contribution in [0.5, 0.6) is 0 Å². The van der Waals surface area contributed by atoms with E-state index in [2.05, 4.69) is 37.4 Å². The van der Waals surface area contributed by atoms with Gasteiger partial charge in [0.1, 0.15) is 0 Å². The lowest BCUT2D eigenvalue weighted by Gasteiger charge is -2.38. The van der Waals surface area contributed by atoms with E-state index in [1.165, 1.54) is 43.9 Å². The van der Waals surface area contributed by atoms with E-state index < -0.39 is 0 Å². The zero-order chi connectivity index (χ0) is 10.9. The van der Waals surface area contributed by atoms with E-state index in [1.807, 2.05) is 0 Å². The van der Waals surface area contributed by atoms with Crippen LogP contribution in [0.25, 0.3) is 0 Å². The zero-order valence-corrected chi connectivity index (χ0v) is 11.3. The molecule has 2 aliphatic rings. The van der Waals surface area contributed by atoms with Crippen molar-refractivity contribution >= 4 is 11.8 Å². The quantitative estimate of drug-likeness (QED) is 0.709. The Morgan fingerprint density at radius 1 is 1.20 bits per heavy atom. The third kappa shape index (κ3) is 3.99. The molecule has 0 aromatic carbocycles. The van der Waals surface area contributed by atoms with Gasteiger partial charge in [0.25, 0.3) is 0 Å². The molecular formula is C13H25NS. The van der Waals surface area contributed by atoms with Gasteiger partial charge in [-0.1, -0.05) is 20.8 Å². The number of rotatable bonds is 5. The first-order chi connectivity index (χ1) is 7.04. The molecule has 2 fully saturated rings. The van der Waals surface area contributed by atoms with Gasteiger partial charge in [0.2, 0.25) is 0 Å². The van der Waals surface area contributed by atoms with Crippen molar-refractivity contribution in [1.82, 2.24) is 4.90 Å². The first-order valence-electron chi connectivity index (χ1n) is 6.36. The summed E-state index contributed by atoms with van der Waals surface area (Å²) < 4.78 is 0. The molecule has 0 aromatic heterocycles. The molecule has 0 unspecified atom stereocenters. The Hall–Kier alpha value is 0.310. The first-order valence-corrected chi connectivity index (χ1v) is 7.52. The summed E-state index contributed by atoms with van der Waals surface area (Å²) in [6, 6.07) is 0.915. The van der Waals surface area contributed by atoms with E-state index in [9.17, 15) is 0 Å². The summed E-state index contributed by atoms with van der Waals surface area (Å²) in [5, 5.41) is 0. The molecule has 88 valence electrons. The molecule has 1 aliphatic heterocycles. The second kappa shape index (κ2) is 4.67. The maximum Gasteiger partial charge on any atom is 0.0277 e. The second-order valence-electron chi connectivity index (χ2n) is 6.44. The van der Waals surface area contributed by atoms with Crippen LogP contribution in [0, 0.1) is 11.3 Å². The van der Waals surface area contributed by atoms with E-state index in [1.54, 1.807) is 0 Å². The van der Waals surface area contributed by atoms with Crippen LogP contribution in [0.1, 0.15) is 40.0 Å². The second-order valence-corrected chi connectivity index (χ2v) is 7.52. The summed E-state index contributed by atoms with van der Waals surface area (Å²) in [4.78, 5) is 2.78. The Bertz CT molecular complexity index is 201. The molecule has 0 atom stereocenters. The van der Waals surface area contributed by atoms with Gasteiger partial charge >= 0.3 is 0 Å². The van der Waals surface area contributed by atoms with Gasteiger partial charge < -0.3 is 0 Å². The highest BCUT2D eigenvalue weighted by molar-refractivity contribution is 8.00. The molecule has 0 N–H and O–H groups in total. The normalized spacial score (nSPS) is 23.2. The molecule has 2 rings (SSSR count). The summed E-state index contributed by atoms with van der Waals surface area (Å²) in [5.74, 6) is 3.82. The molecule has 0 aromatic rings. The minimum Gasteiger partial charge on any atom is -0.298 e. The first kappa shape index (κ1) is 11.8. The zero-order valence-electron chi connectivity index (χ0n) is 10.5. The Kier molecular flexibility index (Phi) is 3.67. The smallest absolute Gasteiger partial charge is 0.0277 e. The van der Waals surface area contributed by atoms with E-state index in [-0.39, 0.29) is 0 Å². The molecule has 0 bridgehead atoms. The Morgan fingerprint density at radius 2 is 1.87 bits per heavy atom. The lowest BCUT2D eigenvalue weighted by atomic mass is 9.92. The van der Waals surface area contributed by atoms with Gasteiger partial charge in [-0.3, -0.25) is 4.90 Å². The minimum atomic E-state index is 0.499. The standard InChI is InChI=1S/C13H25NS/c1-13(2,3)6-7-14(8-11-4-5-11)12-9-15-10-12/h11-12H,4-10H2,1-3H3. The summed E-state index contributed by atoms with van der Waals surface area (Å²) in [6.07, 6.45) is 4.33. The van der Waals surface area contributed by atoms with Gasteiger partial charge in [0.05, 0.1) is 0 Å². The molecule has 0 amide bonds. The predicted molar refractivity (Wildman–Crippen MR) is 69.5 cm³/mol. The minimum absolute atomic E-state index is 0.499. The van der Waals surface area contributed by atoms with Crippen molar-refractivity contribution < 1.29 is 0 Å². The van der Waals surface area contributed by atoms with Crippen LogP contribution in [0.2, 0.25) is 0 Å². The average molecular weight is 227 g/mol. The highest BCUT2D eigenvalue weighted by atomic mass is 32.2. The van der Waals surface area contributed by atoms with Gasteiger partial charge in [-0.25, -0.2) is 0 Å². The van der Waals surface area contributed by atoms with Gasteiger partial charge in [0, 0.05) is 24.1 Å². The van der Waals surface area contributed by atoms with Crippen molar-refractivity contribution in [2.75, 3.05) is 24.6 Å². The molecule has 1 saturated heterocycles. The Labute approximate surface area is 99.0 Å². The molecule has 1 nitrogen and oxygen atoms in total. The summed E-state index contributed by atoms with van der Waals surface area (Å²) in [7, 11) is 0. The molecule has 1 saturated carbocycles.